The Labute approximate surface area is 118 Å². The lowest BCUT2D eigenvalue weighted by Gasteiger charge is -2.31. The first-order valence-corrected chi connectivity index (χ1v) is 7.17. The molecular weight excluding hydrogens is 259 g/mol. The van der Waals surface area contributed by atoms with Gasteiger partial charge in [0.15, 0.2) is 5.78 Å². The van der Waals surface area contributed by atoms with Crippen LogP contribution in [0.1, 0.15) is 36.7 Å². The van der Waals surface area contributed by atoms with Crippen LogP contribution in [0.4, 0.5) is 4.39 Å². The molecule has 0 amide bonds. The van der Waals surface area contributed by atoms with Crippen molar-refractivity contribution in [2.75, 3.05) is 26.2 Å². The largest absolute Gasteiger partial charge is 0.378 e. The van der Waals surface area contributed by atoms with Gasteiger partial charge >= 0.3 is 0 Å². The molecule has 0 bridgehead atoms. The summed E-state index contributed by atoms with van der Waals surface area (Å²) < 4.78 is 18.3. The molecule has 0 N–H and O–H groups in total. The number of rotatable bonds is 6. The van der Waals surface area contributed by atoms with E-state index >= 15 is 0 Å². The smallest absolute Gasteiger partial charge is 0.182 e. The quantitative estimate of drug-likeness (QED) is 0.750. The number of hydrogen-bond acceptors (Lipinski definition) is 4. The van der Waals surface area contributed by atoms with Crippen molar-refractivity contribution in [1.82, 2.24) is 9.88 Å². The highest BCUT2D eigenvalue weighted by atomic mass is 19.1. The van der Waals surface area contributed by atoms with Crippen molar-refractivity contribution in [3.05, 3.63) is 29.8 Å². The highest BCUT2D eigenvalue weighted by Crippen LogP contribution is 2.14. The summed E-state index contributed by atoms with van der Waals surface area (Å²) in [5, 5.41) is 0. The molecule has 0 spiro atoms. The topological polar surface area (TPSA) is 42.4 Å². The lowest BCUT2D eigenvalue weighted by Crippen LogP contribution is -2.38. The number of carbonyl (C=O) groups is 1. The average Bonchev–Trinajstić information content (AvgIpc) is 2.47. The average molecular weight is 280 g/mol. The second-order valence-electron chi connectivity index (χ2n) is 5.03. The third-order valence-corrected chi connectivity index (χ3v) is 3.61. The van der Waals surface area contributed by atoms with Crippen molar-refractivity contribution >= 4 is 5.78 Å². The first-order valence-electron chi connectivity index (χ1n) is 7.17. The number of carbonyl (C=O) groups excluding carboxylic acids is 1. The molecule has 110 valence electrons. The Morgan fingerprint density at radius 3 is 2.80 bits per heavy atom. The highest BCUT2D eigenvalue weighted by Gasteiger charge is 2.19. The van der Waals surface area contributed by atoms with Crippen molar-refractivity contribution in [2.24, 2.45) is 0 Å². The molecule has 20 heavy (non-hydrogen) atoms. The van der Waals surface area contributed by atoms with Crippen molar-refractivity contribution in [3.8, 4) is 0 Å². The van der Waals surface area contributed by atoms with Gasteiger partial charge in [-0.2, -0.15) is 0 Å². The zero-order chi connectivity index (χ0) is 14.4. The van der Waals surface area contributed by atoms with E-state index in [0.29, 0.717) is 18.2 Å². The number of nitrogens with zero attached hydrogens (tertiary/aromatic N) is 2. The molecule has 0 atom stereocenters. The van der Waals surface area contributed by atoms with E-state index in [1.54, 1.807) is 0 Å². The zero-order valence-corrected chi connectivity index (χ0v) is 11.8. The van der Waals surface area contributed by atoms with Crippen LogP contribution in [0.5, 0.6) is 0 Å². The molecule has 0 saturated carbocycles. The molecule has 1 aliphatic rings. The fourth-order valence-corrected chi connectivity index (χ4v) is 2.46. The molecule has 1 aliphatic heterocycles. The summed E-state index contributed by atoms with van der Waals surface area (Å²) in [5.41, 5.74) is 0.343. The zero-order valence-electron chi connectivity index (χ0n) is 11.8. The van der Waals surface area contributed by atoms with Crippen LogP contribution in [0, 0.1) is 5.82 Å². The van der Waals surface area contributed by atoms with Gasteiger partial charge in [-0.05, 0) is 31.9 Å². The Morgan fingerprint density at radius 2 is 2.20 bits per heavy atom. The summed E-state index contributed by atoms with van der Waals surface area (Å²) in [6, 6.07) is 2.72. The summed E-state index contributed by atoms with van der Waals surface area (Å²) >= 11 is 0. The molecule has 1 aromatic heterocycles. The molecular formula is C15H21FN2O2. The molecule has 1 aromatic rings. The predicted molar refractivity (Wildman–Crippen MR) is 74.2 cm³/mol. The Hall–Kier alpha value is -1.33. The molecule has 4 nitrogen and oxygen atoms in total. The number of Topliss-reactive ketones (excluding diaryl/α,β-unsaturated/α-hetero) is 1. The molecule has 0 aliphatic carbocycles. The third-order valence-electron chi connectivity index (χ3n) is 3.61. The van der Waals surface area contributed by atoms with E-state index in [9.17, 15) is 9.18 Å². The molecule has 0 unspecified atom stereocenters. The molecule has 0 aromatic carbocycles. The van der Waals surface area contributed by atoms with Gasteiger partial charge in [-0.1, -0.05) is 0 Å². The Balaban J connectivity index is 1.73. The standard InChI is InChI=1S/C15H21FN2O2/c1-2-20-13-5-8-18(9-6-13)10-7-15(19)14-4-3-12(16)11-17-14/h3-4,11,13H,2,5-10H2,1H3. The van der Waals surface area contributed by atoms with Crippen molar-refractivity contribution in [1.29, 1.82) is 0 Å². The normalized spacial score (nSPS) is 17.3. The minimum Gasteiger partial charge on any atom is -0.378 e. The third kappa shape index (κ3) is 4.35. The van der Waals surface area contributed by atoms with Crippen LogP contribution in [0.3, 0.4) is 0 Å². The summed E-state index contributed by atoms with van der Waals surface area (Å²) in [6.45, 7) is 5.44. The number of ketones is 1. The Morgan fingerprint density at radius 1 is 1.45 bits per heavy atom. The van der Waals surface area contributed by atoms with E-state index in [-0.39, 0.29) is 5.78 Å². The summed E-state index contributed by atoms with van der Waals surface area (Å²) in [6.07, 6.45) is 3.93. The van der Waals surface area contributed by atoms with Crippen molar-refractivity contribution in [2.45, 2.75) is 32.3 Å². The predicted octanol–water partition coefficient (Wildman–Crippen LogP) is 2.29. The number of pyridine rings is 1. The monoisotopic (exact) mass is 280 g/mol. The van der Waals surface area contributed by atoms with E-state index in [1.165, 1.54) is 12.1 Å². The van der Waals surface area contributed by atoms with Crippen LogP contribution in [-0.4, -0.2) is 48.0 Å². The van der Waals surface area contributed by atoms with E-state index < -0.39 is 5.82 Å². The van der Waals surface area contributed by atoms with Gasteiger partial charge in [0.05, 0.1) is 12.3 Å². The van der Waals surface area contributed by atoms with Crippen LogP contribution >= 0.6 is 0 Å². The number of piperidine rings is 1. The first-order chi connectivity index (χ1) is 9.69. The minimum atomic E-state index is -0.417. The molecule has 1 fully saturated rings. The SMILES string of the molecule is CCOC1CCN(CCC(=O)c2ccc(F)cn2)CC1. The van der Waals surface area contributed by atoms with Gasteiger partial charge in [0.1, 0.15) is 11.5 Å². The Kier molecular flexibility index (Phi) is 5.61. The van der Waals surface area contributed by atoms with Crippen molar-refractivity contribution < 1.29 is 13.9 Å². The fraction of sp³-hybridized carbons (Fsp3) is 0.600. The second-order valence-corrected chi connectivity index (χ2v) is 5.03. The number of likely N-dealkylation sites (tertiary alicyclic amines) is 1. The maximum absolute atomic E-state index is 12.7. The van der Waals surface area contributed by atoms with Gasteiger partial charge in [0, 0.05) is 32.7 Å². The molecule has 1 saturated heterocycles. The maximum Gasteiger partial charge on any atom is 0.182 e. The lowest BCUT2D eigenvalue weighted by atomic mass is 10.1. The van der Waals surface area contributed by atoms with Gasteiger partial charge in [-0.3, -0.25) is 9.78 Å². The van der Waals surface area contributed by atoms with Gasteiger partial charge in [-0.15, -0.1) is 0 Å². The van der Waals surface area contributed by atoms with Crippen LogP contribution in [-0.2, 0) is 4.74 Å². The van der Waals surface area contributed by atoms with Crippen LogP contribution in [0.25, 0.3) is 0 Å². The maximum atomic E-state index is 12.7. The Bertz CT molecular complexity index is 428. The van der Waals surface area contributed by atoms with Gasteiger partial charge in [0.2, 0.25) is 0 Å². The number of halogens is 1. The number of hydrogen-bond donors (Lipinski definition) is 0. The van der Waals surface area contributed by atoms with Gasteiger partial charge < -0.3 is 9.64 Å². The van der Waals surface area contributed by atoms with E-state index in [1.807, 2.05) is 6.92 Å². The fourth-order valence-electron chi connectivity index (χ4n) is 2.46. The molecule has 2 rings (SSSR count). The lowest BCUT2D eigenvalue weighted by molar-refractivity contribution is 0.0143. The molecule has 2 heterocycles. The molecule has 5 heteroatoms. The van der Waals surface area contributed by atoms with Gasteiger partial charge in [-0.25, -0.2) is 4.39 Å². The van der Waals surface area contributed by atoms with E-state index in [2.05, 4.69) is 9.88 Å². The van der Waals surface area contributed by atoms with Crippen LogP contribution < -0.4 is 0 Å². The minimum absolute atomic E-state index is 0.0306. The highest BCUT2D eigenvalue weighted by molar-refractivity contribution is 5.94. The first kappa shape index (κ1) is 15.1. The van der Waals surface area contributed by atoms with Crippen LogP contribution in [0.2, 0.25) is 0 Å². The van der Waals surface area contributed by atoms with Crippen LogP contribution in [0.15, 0.2) is 18.3 Å². The van der Waals surface area contributed by atoms with Crippen molar-refractivity contribution in [3.63, 3.8) is 0 Å². The summed E-state index contributed by atoms with van der Waals surface area (Å²) in [4.78, 5) is 18.0. The molecule has 0 radical (unpaired) electrons. The van der Waals surface area contributed by atoms with Gasteiger partial charge in [0.25, 0.3) is 0 Å². The van der Waals surface area contributed by atoms with E-state index in [0.717, 1.165) is 45.3 Å². The van der Waals surface area contributed by atoms with E-state index in [4.69, 9.17) is 4.74 Å². The second kappa shape index (κ2) is 7.45. The number of ether oxygens (including phenoxy) is 1. The summed E-state index contributed by atoms with van der Waals surface area (Å²) in [7, 11) is 0. The summed E-state index contributed by atoms with van der Waals surface area (Å²) in [5.74, 6) is -0.448. The number of aromatic nitrogens is 1.